The van der Waals surface area contributed by atoms with E-state index in [-0.39, 0.29) is 5.78 Å². The van der Waals surface area contributed by atoms with Gasteiger partial charge in [-0.2, -0.15) is 0 Å². The SMILES string of the molecule is C=CC(SCC1=CCC=CN1)C(C(C)=O)C(=O)O. The maximum atomic E-state index is 11.4. The molecule has 2 atom stereocenters. The maximum Gasteiger partial charge on any atom is 0.315 e. The molecule has 0 saturated heterocycles. The topological polar surface area (TPSA) is 66.4 Å². The first-order valence-corrected chi connectivity index (χ1v) is 6.69. The Morgan fingerprint density at radius 3 is 2.83 bits per heavy atom. The van der Waals surface area contributed by atoms with Crippen molar-refractivity contribution in [2.24, 2.45) is 5.92 Å². The van der Waals surface area contributed by atoms with E-state index >= 15 is 0 Å². The summed E-state index contributed by atoms with van der Waals surface area (Å²) < 4.78 is 0. The summed E-state index contributed by atoms with van der Waals surface area (Å²) in [5.41, 5.74) is 1.03. The Balaban J connectivity index is 2.60. The zero-order chi connectivity index (χ0) is 13.5. The van der Waals surface area contributed by atoms with Crippen LogP contribution in [-0.4, -0.2) is 27.9 Å². The minimum absolute atomic E-state index is 0.342. The molecule has 0 radical (unpaired) electrons. The van der Waals surface area contributed by atoms with Crippen LogP contribution in [-0.2, 0) is 9.59 Å². The minimum Gasteiger partial charge on any atom is -0.481 e. The van der Waals surface area contributed by atoms with Crippen molar-refractivity contribution in [1.29, 1.82) is 0 Å². The van der Waals surface area contributed by atoms with Gasteiger partial charge in [-0.15, -0.1) is 18.3 Å². The average molecular weight is 267 g/mol. The lowest BCUT2D eigenvalue weighted by Crippen LogP contribution is -2.31. The number of ketones is 1. The van der Waals surface area contributed by atoms with E-state index in [1.807, 2.05) is 18.4 Å². The molecule has 1 heterocycles. The Morgan fingerprint density at radius 2 is 2.39 bits per heavy atom. The quantitative estimate of drug-likeness (QED) is 0.545. The lowest BCUT2D eigenvalue weighted by molar-refractivity contribution is -0.145. The monoisotopic (exact) mass is 267 g/mol. The molecule has 0 aliphatic carbocycles. The van der Waals surface area contributed by atoms with Crippen molar-refractivity contribution in [3.63, 3.8) is 0 Å². The molecule has 0 aromatic heterocycles. The molecule has 2 N–H and O–H groups in total. The number of hydrogen-bond acceptors (Lipinski definition) is 4. The van der Waals surface area contributed by atoms with Crippen molar-refractivity contribution in [3.8, 4) is 0 Å². The minimum atomic E-state index is -1.09. The van der Waals surface area contributed by atoms with Crippen LogP contribution in [0.15, 0.2) is 36.7 Å². The van der Waals surface area contributed by atoms with Gasteiger partial charge in [-0.25, -0.2) is 0 Å². The summed E-state index contributed by atoms with van der Waals surface area (Å²) in [6, 6.07) is 0. The lowest BCUT2D eigenvalue weighted by Gasteiger charge is -2.19. The molecular weight excluding hydrogens is 250 g/mol. The zero-order valence-corrected chi connectivity index (χ0v) is 11.1. The number of carbonyl (C=O) groups is 2. The molecule has 1 rings (SSSR count). The van der Waals surface area contributed by atoms with E-state index in [4.69, 9.17) is 5.11 Å². The molecule has 0 amide bonds. The van der Waals surface area contributed by atoms with Gasteiger partial charge in [-0.1, -0.05) is 18.2 Å². The Morgan fingerprint density at radius 1 is 1.67 bits per heavy atom. The van der Waals surface area contributed by atoms with Gasteiger partial charge in [-0.3, -0.25) is 9.59 Å². The summed E-state index contributed by atoms with van der Waals surface area (Å²) >= 11 is 1.41. The van der Waals surface area contributed by atoms with Crippen LogP contribution in [0.5, 0.6) is 0 Å². The Labute approximate surface area is 111 Å². The van der Waals surface area contributed by atoms with Crippen LogP contribution in [0.1, 0.15) is 13.3 Å². The van der Waals surface area contributed by atoms with Crippen LogP contribution in [0.25, 0.3) is 0 Å². The first-order valence-electron chi connectivity index (χ1n) is 5.64. The van der Waals surface area contributed by atoms with Gasteiger partial charge in [0.05, 0.1) is 0 Å². The molecule has 0 spiro atoms. The molecule has 0 aromatic carbocycles. The number of carboxylic acid groups (broad SMARTS) is 1. The third kappa shape index (κ3) is 4.07. The van der Waals surface area contributed by atoms with Gasteiger partial charge in [0.2, 0.25) is 0 Å². The molecule has 0 bridgehead atoms. The van der Waals surface area contributed by atoms with Crippen LogP contribution in [0, 0.1) is 5.92 Å². The highest BCUT2D eigenvalue weighted by molar-refractivity contribution is 8.00. The van der Waals surface area contributed by atoms with Crippen LogP contribution in [0.4, 0.5) is 0 Å². The van der Waals surface area contributed by atoms with Crippen molar-refractivity contribution >= 4 is 23.5 Å². The fraction of sp³-hybridized carbons (Fsp3) is 0.385. The molecule has 5 heteroatoms. The number of thioether (sulfide) groups is 1. The van der Waals surface area contributed by atoms with Crippen molar-refractivity contribution in [1.82, 2.24) is 5.32 Å². The first-order chi connectivity index (χ1) is 8.56. The summed E-state index contributed by atoms with van der Waals surface area (Å²) in [6.45, 7) is 4.92. The Kier molecular flexibility index (Phi) is 5.71. The second-order valence-electron chi connectivity index (χ2n) is 3.95. The number of dihydropyridines is 1. The van der Waals surface area contributed by atoms with Crippen LogP contribution in [0.3, 0.4) is 0 Å². The number of carboxylic acids is 1. The van der Waals surface area contributed by atoms with Crippen molar-refractivity contribution < 1.29 is 14.7 Å². The molecule has 98 valence electrons. The fourth-order valence-corrected chi connectivity index (χ4v) is 2.85. The van der Waals surface area contributed by atoms with E-state index < -0.39 is 17.1 Å². The number of aliphatic carboxylic acids is 1. The fourth-order valence-electron chi connectivity index (χ4n) is 1.64. The van der Waals surface area contributed by atoms with Gasteiger partial charge >= 0.3 is 5.97 Å². The van der Waals surface area contributed by atoms with E-state index in [2.05, 4.69) is 11.9 Å². The van der Waals surface area contributed by atoms with E-state index in [1.165, 1.54) is 24.8 Å². The number of nitrogens with one attached hydrogen (secondary N) is 1. The normalized spacial score (nSPS) is 17.3. The van der Waals surface area contributed by atoms with E-state index in [0.29, 0.717) is 5.75 Å². The highest BCUT2D eigenvalue weighted by atomic mass is 32.2. The summed E-state index contributed by atoms with van der Waals surface area (Å²) in [7, 11) is 0. The number of carbonyl (C=O) groups excluding carboxylic acids is 1. The number of Topliss-reactive ketones (excluding diaryl/α,β-unsaturated/α-hetero) is 1. The standard InChI is InChI=1S/C13H17NO3S/c1-3-11(12(9(2)15)13(16)17)18-8-10-6-4-5-7-14-10/h3,5-7,11-12,14H,1,4,8H2,2H3,(H,16,17). The van der Waals surface area contributed by atoms with Gasteiger partial charge in [0.25, 0.3) is 0 Å². The molecule has 0 saturated carbocycles. The summed E-state index contributed by atoms with van der Waals surface area (Å²) in [5.74, 6) is -1.82. The Bertz CT molecular complexity index is 387. The van der Waals surface area contributed by atoms with Gasteiger partial charge < -0.3 is 10.4 Å². The molecule has 4 nitrogen and oxygen atoms in total. The molecule has 0 fully saturated rings. The van der Waals surface area contributed by atoms with Crippen LogP contribution >= 0.6 is 11.8 Å². The van der Waals surface area contributed by atoms with Gasteiger partial charge in [0.15, 0.2) is 0 Å². The molecule has 1 aliphatic heterocycles. The van der Waals surface area contributed by atoms with Crippen molar-refractivity contribution in [3.05, 3.63) is 36.7 Å². The highest BCUT2D eigenvalue weighted by Crippen LogP contribution is 2.24. The maximum absolute atomic E-state index is 11.4. The average Bonchev–Trinajstić information content (AvgIpc) is 2.34. The third-order valence-corrected chi connectivity index (χ3v) is 3.91. The third-order valence-electron chi connectivity index (χ3n) is 2.58. The highest BCUT2D eigenvalue weighted by Gasteiger charge is 2.30. The molecule has 1 aliphatic rings. The van der Waals surface area contributed by atoms with Crippen LogP contribution in [0.2, 0.25) is 0 Å². The summed E-state index contributed by atoms with van der Waals surface area (Å²) in [4.78, 5) is 22.4. The second-order valence-corrected chi connectivity index (χ2v) is 5.12. The van der Waals surface area contributed by atoms with E-state index in [9.17, 15) is 9.59 Å². The molecule has 18 heavy (non-hydrogen) atoms. The molecule has 0 aromatic rings. The Hall–Kier alpha value is -1.49. The van der Waals surface area contributed by atoms with Gasteiger partial charge in [0.1, 0.15) is 11.7 Å². The predicted octanol–water partition coefficient (Wildman–Crippen LogP) is 1.95. The second kappa shape index (κ2) is 7.06. The number of rotatable bonds is 7. The van der Waals surface area contributed by atoms with Crippen LogP contribution < -0.4 is 5.32 Å². The van der Waals surface area contributed by atoms with E-state index in [1.54, 1.807) is 0 Å². The molecule has 2 unspecified atom stereocenters. The number of hydrogen-bond donors (Lipinski definition) is 2. The first kappa shape index (κ1) is 14.6. The van der Waals surface area contributed by atoms with E-state index in [0.717, 1.165) is 12.1 Å². The van der Waals surface area contributed by atoms with Gasteiger partial charge in [-0.05, 0) is 19.5 Å². The summed E-state index contributed by atoms with van der Waals surface area (Å²) in [5, 5.41) is 11.7. The van der Waals surface area contributed by atoms with Crippen molar-refractivity contribution in [2.75, 3.05) is 5.75 Å². The zero-order valence-electron chi connectivity index (χ0n) is 10.3. The smallest absolute Gasteiger partial charge is 0.315 e. The predicted molar refractivity (Wildman–Crippen MR) is 73.2 cm³/mol. The summed E-state index contributed by atoms with van der Waals surface area (Å²) in [6.07, 6.45) is 8.30. The van der Waals surface area contributed by atoms with Gasteiger partial charge in [0, 0.05) is 16.7 Å². The lowest BCUT2D eigenvalue weighted by atomic mass is 10.0. The molecular formula is C13H17NO3S. The van der Waals surface area contributed by atoms with Crippen molar-refractivity contribution in [2.45, 2.75) is 18.6 Å². The number of allylic oxidation sites excluding steroid dienone is 2. The largest absolute Gasteiger partial charge is 0.481 e.